The maximum atomic E-state index is 13.5. The van der Waals surface area contributed by atoms with Crippen LogP contribution in [0.3, 0.4) is 0 Å². The second-order valence-corrected chi connectivity index (χ2v) is 13.9. The molecule has 5 aromatic rings. The van der Waals surface area contributed by atoms with E-state index in [1.807, 2.05) is 6.20 Å². The molecule has 8 heteroatoms. The maximum Gasteiger partial charge on any atom is 0.416 e. The number of hydrogen-bond acceptors (Lipinski definition) is 3. The number of pyridine rings is 1. The van der Waals surface area contributed by atoms with Gasteiger partial charge in [0, 0.05) is 49.7 Å². The molecular weight excluding hydrogens is 686 g/mol. The Bertz CT molecular complexity index is 1900. The molecule has 1 aliphatic rings. The summed E-state index contributed by atoms with van der Waals surface area (Å²) in [5, 5.41) is 0. The Kier molecular flexibility index (Phi) is 13.1. The third-order valence-corrected chi connectivity index (χ3v) is 10.5. The van der Waals surface area contributed by atoms with E-state index in [4.69, 9.17) is 0 Å². The molecule has 6 rings (SSSR count). The summed E-state index contributed by atoms with van der Waals surface area (Å²) in [5.74, 6) is 0. The molecule has 3 nitrogen and oxygen atoms in total. The minimum absolute atomic E-state index is 0. The van der Waals surface area contributed by atoms with E-state index < -0.39 is 11.7 Å². The van der Waals surface area contributed by atoms with Crippen LogP contribution >= 0.6 is 24.8 Å². The van der Waals surface area contributed by atoms with E-state index in [9.17, 15) is 13.2 Å². The molecule has 4 aromatic carbocycles. The van der Waals surface area contributed by atoms with Crippen LogP contribution < -0.4 is 4.90 Å². The topological polar surface area (TPSA) is 19.4 Å². The van der Waals surface area contributed by atoms with Crippen LogP contribution in [0, 0.1) is 41.5 Å². The highest BCUT2D eigenvalue weighted by Gasteiger charge is 2.31. The molecule has 0 aliphatic carbocycles. The molecule has 1 fully saturated rings. The Morgan fingerprint density at radius 2 is 1.24 bits per heavy atom. The molecule has 51 heavy (non-hydrogen) atoms. The first-order chi connectivity index (χ1) is 23.4. The number of piperidine rings is 1. The van der Waals surface area contributed by atoms with Crippen LogP contribution in [0.15, 0.2) is 91.1 Å². The molecule has 1 aliphatic heterocycles. The zero-order chi connectivity index (χ0) is 34.9. The Hall–Kier alpha value is -3.84. The summed E-state index contributed by atoms with van der Waals surface area (Å²) in [6.07, 6.45) is -0.615. The monoisotopic (exact) mass is 733 g/mol. The van der Waals surface area contributed by atoms with Gasteiger partial charge in [0.15, 0.2) is 0 Å². The van der Waals surface area contributed by atoms with Crippen molar-refractivity contribution >= 4 is 30.5 Å². The fourth-order valence-electron chi connectivity index (χ4n) is 7.08. The molecule has 0 atom stereocenters. The van der Waals surface area contributed by atoms with E-state index in [0.29, 0.717) is 6.54 Å². The van der Waals surface area contributed by atoms with Gasteiger partial charge in [0.2, 0.25) is 0 Å². The second-order valence-electron chi connectivity index (χ2n) is 13.9. The summed E-state index contributed by atoms with van der Waals surface area (Å²) in [6.45, 7) is 16.2. The van der Waals surface area contributed by atoms with Crippen molar-refractivity contribution in [2.75, 3.05) is 18.0 Å². The van der Waals surface area contributed by atoms with Crippen LogP contribution in [0.5, 0.6) is 0 Å². The van der Waals surface area contributed by atoms with Crippen molar-refractivity contribution < 1.29 is 13.2 Å². The van der Waals surface area contributed by atoms with Crippen molar-refractivity contribution in [2.24, 2.45) is 0 Å². The number of hydrogen-bond donors (Lipinski definition) is 0. The van der Waals surface area contributed by atoms with Crippen LogP contribution in [0.4, 0.5) is 18.9 Å². The third-order valence-electron chi connectivity index (χ3n) is 10.5. The number of aryl methyl sites for hydroxylation is 4. The van der Waals surface area contributed by atoms with Crippen LogP contribution in [0.25, 0.3) is 22.4 Å². The number of halogens is 5. The van der Waals surface area contributed by atoms with Crippen molar-refractivity contribution in [1.29, 1.82) is 0 Å². The minimum atomic E-state index is -4.36. The third kappa shape index (κ3) is 9.34. The molecule has 1 aromatic heterocycles. The first-order valence-electron chi connectivity index (χ1n) is 17.2. The van der Waals surface area contributed by atoms with Crippen molar-refractivity contribution in [1.82, 2.24) is 9.88 Å². The van der Waals surface area contributed by atoms with E-state index in [-0.39, 0.29) is 30.9 Å². The molecule has 270 valence electrons. The Morgan fingerprint density at radius 1 is 0.667 bits per heavy atom. The van der Waals surface area contributed by atoms with Gasteiger partial charge >= 0.3 is 6.18 Å². The van der Waals surface area contributed by atoms with E-state index in [1.165, 1.54) is 56.6 Å². The average molecular weight is 735 g/mol. The fourth-order valence-corrected chi connectivity index (χ4v) is 7.08. The number of nitrogens with zero attached hydrogens (tertiary/aromatic N) is 3. The Balaban J connectivity index is 0.00000292. The summed E-state index contributed by atoms with van der Waals surface area (Å²) in [4.78, 5) is 9.48. The quantitative estimate of drug-likeness (QED) is 0.158. The van der Waals surface area contributed by atoms with Crippen LogP contribution in [-0.4, -0.2) is 29.0 Å². The first-order valence-corrected chi connectivity index (χ1v) is 17.2. The van der Waals surface area contributed by atoms with E-state index in [0.717, 1.165) is 60.5 Å². The lowest BCUT2D eigenvalue weighted by atomic mass is 9.95. The standard InChI is InChI=1S/C43H46F3N3.2ClH/c1-28-20-37(21-29(2)32(28)5)36-9-7-8-34(24-36)27-49(40-12-10-39(11-13-40)43(44,45)46)41-15-18-48(19-16-41)26-35-14-17-47-42(25-35)38-22-30(3)33(6)31(4)23-38;;/h7-14,17,20-25,41H,15-16,18-19,26-27H2,1-6H3;2*1H. The SMILES string of the molecule is Cc1cc(-c2cccc(CN(c3ccc(C(F)(F)F)cc3)C3CCN(Cc4ccnc(-c5cc(C)c(C)c(C)c5)c4)CC3)c2)cc(C)c1C.Cl.Cl. The van der Waals surface area contributed by atoms with Gasteiger partial charge in [0.05, 0.1) is 11.3 Å². The number of benzene rings is 4. The van der Waals surface area contributed by atoms with Gasteiger partial charge in [-0.1, -0.05) is 30.3 Å². The van der Waals surface area contributed by atoms with Crippen molar-refractivity contribution in [3.8, 4) is 22.4 Å². The summed E-state index contributed by atoms with van der Waals surface area (Å²) in [7, 11) is 0. The molecule has 0 bridgehead atoms. The van der Waals surface area contributed by atoms with Crippen LogP contribution in [-0.2, 0) is 19.3 Å². The lowest BCUT2D eigenvalue weighted by Crippen LogP contribution is -2.44. The number of alkyl halides is 3. The Labute approximate surface area is 313 Å². The van der Waals surface area contributed by atoms with Crippen LogP contribution in [0.1, 0.15) is 62.9 Å². The normalized spacial score (nSPS) is 13.7. The molecule has 1 saturated heterocycles. The number of rotatable bonds is 8. The fraction of sp³-hybridized carbons (Fsp3) is 0.326. The molecule has 0 amide bonds. The molecule has 0 radical (unpaired) electrons. The molecule has 0 spiro atoms. The summed E-state index contributed by atoms with van der Waals surface area (Å²) in [6, 6.07) is 27.7. The first kappa shape index (κ1) is 39.9. The van der Waals surface area contributed by atoms with Gasteiger partial charge < -0.3 is 4.90 Å². The predicted molar refractivity (Wildman–Crippen MR) is 210 cm³/mol. The van der Waals surface area contributed by atoms with Gasteiger partial charge in [0.25, 0.3) is 0 Å². The zero-order valence-electron chi connectivity index (χ0n) is 30.3. The predicted octanol–water partition coefficient (Wildman–Crippen LogP) is 11.8. The largest absolute Gasteiger partial charge is 0.416 e. The number of anilines is 1. The van der Waals surface area contributed by atoms with Gasteiger partial charge in [-0.05, 0) is 165 Å². The molecule has 2 heterocycles. The van der Waals surface area contributed by atoms with Crippen LogP contribution in [0.2, 0.25) is 0 Å². The number of aromatic nitrogens is 1. The van der Waals surface area contributed by atoms with Gasteiger partial charge in [-0.15, -0.1) is 24.8 Å². The Morgan fingerprint density at radius 3 is 1.80 bits per heavy atom. The highest BCUT2D eigenvalue weighted by molar-refractivity contribution is 5.85. The van der Waals surface area contributed by atoms with Crippen molar-refractivity contribution in [3.63, 3.8) is 0 Å². The lowest BCUT2D eigenvalue weighted by molar-refractivity contribution is -0.137. The molecule has 0 saturated carbocycles. The zero-order valence-corrected chi connectivity index (χ0v) is 31.9. The average Bonchev–Trinajstić information content (AvgIpc) is 3.08. The highest BCUT2D eigenvalue weighted by atomic mass is 35.5. The minimum Gasteiger partial charge on any atom is -0.364 e. The van der Waals surface area contributed by atoms with E-state index >= 15 is 0 Å². The molecule has 0 unspecified atom stereocenters. The molecule has 0 N–H and O–H groups in total. The lowest BCUT2D eigenvalue weighted by Gasteiger charge is -2.40. The van der Waals surface area contributed by atoms with Gasteiger partial charge in [0.1, 0.15) is 0 Å². The summed E-state index contributed by atoms with van der Waals surface area (Å²) in [5.41, 5.74) is 14.7. The molecular formula is C43H48Cl2F3N3. The summed E-state index contributed by atoms with van der Waals surface area (Å²) < 4.78 is 40.4. The van der Waals surface area contributed by atoms with Gasteiger partial charge in [-0.25, -0.2) is 0 Å². The highest BCUT2D eigenvalue weighted by Crippen LogP contribution is 2.34. The van der Waals surface area contributed by atoms with Gasteiger partial charge in [-0.2, -0.15) is 13.2 Å². The van der Waals surface area contributed by atoms with E-state index in [1.54, 1.807) is 12.1 Å². The van der Waals surface area contributed by atoms with Gasteiger partial charge in [-0.3, -0.25) is 9.88 Å². The maximum absolute atomic E-state index is 13.5. The number of likely N-dealkylation sites (tertiary alicyclic amines) is 1. The second kappa shape index (κ2) is 16.7. The van der Waals surface area contributed by atoms with Crippen molar-refractivity contribution in [2.45, 2.75) is 79.7 Å². The summed E-state index contributed by atoms with van der Waals surface area (Å²) >= 11 is 0. The van der Waals surface area contributed by atoms with Crippen molar-refractivity contribution in [3.05, 3.63) is 141 Å². The smallest absolute Gasteiger partial charge is 0.364 e. The van der Waals surface area contributed by atoms with E-state index in [2.05, 4.69) is 117 Å².